The minimum Gasteiger partial charge on any atom is -0.489 e. The van der Waals surface area contributed by atoms with Gasteiger partial charge in [0.2, 0.25) is 0 Å². The van der Waals surface area contributed by atoms with Crippen molar-refractivity contribution in [2.24, 2.45) is 0 Å². The van der Waals surface area contributed by atoms with E-state index in [0.717, 1.165) is 0 Å². The van der Waals surface area contributed by atoms with Crippen LogP contribution in [-0.4, -0.2) is 49.0 Å². The number of benzene rings is 2. The minimum atomic E-state index is -0.661. The van der Waals surface area contributed by atoms with Crippen LogP contribution in [0.25, 0.3) is 0 Å². The first-order valence-electron chi connectivity index (χ1n) is 8.69. The van der Waals surface area contributed by atoms with Crippen LogP contribution in [0.3, 0.4) is 0 Å². The summed E-state index contributed by atoms with van der Waals surface area (Å²) in [7, 11) is 1.19. The van der Waals surface area contributed by atoms with Crippen LogP contribution in [0.1, 0.15) is 5.56 Å². The molecule has 0 fully saturated rings. The van der Waals surface area contributed by atoms with Gasteiger partial charge in [-0.1, -0.05) is 6.07 Å². The Morgan fingerprint density at radius 2 is 2.17 bits per heavy atom. The zero-order valence-corrected chi connectivity index (χ0v) is 15.5. The van der Waals surface area contributed by atoms with Crippen molar-refractivity contribution >= 4 is 17.3 Å². The van der Waals surface area contributed by atoms with Gasteiger partial charge in [-0.25, -0.2) is 9.18 Å². The molecule has 0 aromatic heterocycles. The zero-order valence-electron chi connectivity index (χ0n) is 15.5. The lowest BCUT2D eigenvalue weighted by molar-refractivity contribution is -0.385. The average Bonchev–Trinajstić information content (AvgIpc) is 2.72. The number of aliphatic hydroxyl groups is 1. The summed E-state index contributed by atoms with van der Waals surface area (Å²) in [5.41, 5.74) is 0.836. The number of ether oxygens (including phenoxy) is 3. The van der Waals surface area contributed by atoms with Crippen molar-refractivity contribution < 1.29 is 33.4 Å². The number of nitro benzene ring substituents is 1. The quantitative estimate of drug-likeness (QED) is 0.422. The Hall–Kier alpha value is -3.40. The van der Waals surface area contributed by atoms with Gasteiger partial charge in [-0.05, 0) is 23.8 Å². The molecule has 1 heterocycles. The van der Waals surface area contributed by atoms with Gasteiger partial charge in [-0.15, -0.1) is 0 Å². The Labute approximate surface area is 165 Å². The summed E-state index contributed by atoms with van der Waals surface area (Å²) in [5, 5.41) is 21.1. The Kier molecular flexibility index (Phi) is 6.13. The van der Waals surface area contributed by atoms with E-state index in [0.29, 0.717) is 17.0 Å². The molecule has 0 spiro atoms. The first-order chi connectivity index (χ1) is 13.9. The summed E-state index contributed by atoms with van der Waals surface area (Å²) < 4.78 is 28.6. The molecular formula is C19H19FN2O7. The summed E-state index contributed by atoms with van der Waals surface area (Å²) in [6.07, 6.45) is 0. The topological polar surface area (TPSA) is 111 Å². The van der Waals surface area contributed by atoms with Gasteiger partial charge in [0.15, 0.2) is 12.4 Å². The first kappa shape index (κ1) is 20.3. The van der Waals surface area contributed by atoms with E-state index in [1.165, 1.54) is 37.4 Å². The minimum absolute atomic E-state index is 0.0627. The number of carbonyl (C=O) groups is 1. The maximum Gasteiger partial charge on any atom is 0.343 e. The monoisotopic (exact) mass is 406 g/mol. The van der Waals surface area contributed by atoms with E-state index >= 15 is 0 Å². The SMILES string of the molecule is COC(=O)COc1ccc(CN2c3ccc(F)cc3OC[C@@H]2CO)cc1[N+](=O)[O-]. The molecule has 0 amide bonds. The largest absolute Gasteiger partial charge is 0.489 e. The van der Waals surface area contributed by atoms with Crippen LogP contribution >= 0.6 is 0 Å². The molecule has 0 aliphatic carbocycles. The number of aliphatic hydroxyl groups excluding tert-OH is 1. The van der Waals surface area contributed by atoms with Crippen LogP contribution in [-0.2, 0) is 16.1 Å². The highest BCUT2D eigenvalue weighted by molar-refractivity contribution is 5.71. The summed E-state index contributed by atoms with van der Waals surface area (Å²) >= 11 is 0. The van der Waals surface area contributed by atoms with E-state index in [4.69, 9.17) is 9.47 Å². The van der Waals surface area contributed by atoms with Crippen molar-refractivity contribution in [3.63, 3.8) is 0 Å². The van der Waals surface area contributed by atoms with Gasteiger partial charge in [-0.3, -0.25) is 10.1 Å². The van der Waals surface area contributed by atoms with Gasteiger partial charge in [0.1, 0.15) is 18.2 Å². The molecule has 154 valence electrons. The lowest BCUT2D eigenvalue weighted by Gasteiger charge is -2.37. The number of nitrogens with zero attached hydrogens (tertiary/aromatic N) is 2. The number of methoxy groups -OCH3 is 1. The molecular weight excluding hydrogens is 387 g/mol. The molecule has 29 heavy (non-hydrogen) atoms. The highest BCUT2D eigenvalue weighted by Crippen LogP contribution is 2.36. The van der Waals surface area contributed by atoms with Crippen molar-refractivity contribution in [2.45, 2.75) is 12.6 Å². The van der Waals surface area contributed by atoms with E-state index in [9.17, 15) is 24.4 Å². The van der Waals surface area contributed by atoms with Gasteiger partial charge in [0.05, 0.1) is 30.4 Å². The van der Waals surface area contributed by atoms with Gasteiger partial charge in [0.25, 0.3) is 0 Å². The molecule has 10 heteroatoms. The van der Waals surface area contributed by atoms with E-state index in [1.54, 1.807) is 11.0 Å². The number of halogens is 1. The molecule has 2 aromatic carbocycles. The highest BCUT2D eigenvalue weighted by atomic mass is 19.1. The number of hydrogen-bond donors (Lipinski definition) is 1. The average molecular weight is 406 g/mol. The Morgan fingerprint density at radius 1 is 1.38 bits per heavy atom. The van der Waals surface area contributed by atoms with E-state index in [-0.39, 0.29) is 31.2 Å². The van der Waals surface area contributed by atoms with Crippen molar-refractivity contribution in [3.05, 3.63) is 57.9 Å². The summed E-state index contributed by atoms with van der Waals surface area (Å²) in [6.45, 7) is -0.300. The van der Waals surface area contributed by atoms with Gasteiger partial charge < -0.3 is 24.2 Å². The smallest absolute Gasteiger partial charge is 0.343 e. The number of anilines is 1. The van der Waals surface area contributed by atoms with Crippen LogP contribution < -0.4 is 14.4 Å². The van der Waals surface area contributed by atoms with Crippen molar-refractivity contribution in [3.8, 4) is 11.5 Å². The number of rotatable bonds is 7. The van der Waals surface area contributed by atoms with E-state index in [1.807, 2.05) is 0 Å². The molecule has 0 bridgehead atoms. The highest BCUT2D eigenvalue weighted by Gasteiger charge is 2.28. The first-order valence-corrected chi connectivity index (χ1v) is 8.69. The summed E-state index contributed by atoms with van der Waals surface area (Å²) in [4.78, 5) is 23.8. The Balaban J connectivity index is 1.88. The molecule has 1 N–H and O–H groups in total. The van der Waals surface area contributed by atoms with Crippen LogP contribution in [0.2, 0.25) is 0 Å². The Morgan fingerprint density at radius 3 is 2.86 bits per heavy atom. The van der Waals surface area contributed by atoms with E-state index < -0.39 is 29.4 Å². The fourth-order valence-electron chi connectivity index (χ4n) is 3.00. The van der Waals surface area contributed by atoms with Crippen LogP contribution in [0.4, 0.5) is 15.8 Å². The van der Waals surface area contributed by atoms with Crippen LogP contribution in [0, 0.1) is 15.9 Å². The van der Waals surface area contributed by atoms with Gasteiger partial charge >= 0.3 is 11.7 Å². The predicted octanol–water partition coefficient (Wildman–Crippen LogP) is 2.05. The zero-order chi connectivity index (χ0) is 21.0. The fourth-order valence-corrected chi connectivity index (χ4v) is 3.00. The third-order valence-corrected chi connectivity index (χ3v) is 4.46. The molecule has 0 saturated heterocycles. The second-order valence-electron chi connectivity index (χ2n) is 6.31. The standard InChI is InChI=1S/C19H19FN2O7/c1-27-19(24)11-29-17-5-2-12(6-16(17)22(25)26)8-21-14(9-23)10-28-18-7-13(20)3-4-15(18)21/h2-7,14,23H,8-11H2,1H3/t14-/m0/s1. The fraction of sp³-hybridized carbons (Fsp3) is 0.316. The lowest BCUT2D eigenvalue weighted by Crippen LogP contribution is -2.45. The second-order valence-corrected chi connectivity index (χ2v) is 6.31. The third-order valence-electron chi connectivity index (χ3n) is 4.46. The third kappa shape index (κ3) is 4.54. The Bertz CT molecular complexity index is 921. The van der Waals surface area contributed by atoms with Crippen LogP contribution in [0.5, 0.6) is 11.5 Å². The summed E-state index contributed by atoms with van der Waals surface area (Å²) in [5.74, 6) is -0.838. The van der Waals surface area contributed by atoms with Gasteiger partial charge in [-0.2, -0.15) is 0 Å². The number of esters is 1. The molecule has 2 aromatic rings. The molecule has 1 aliphatic heterocycles. The predicted molar refractivity (Wildman–Crippen MR) is 99.6 cm³/mol. The van der Waals surface area contributed by atoms with Crippen LogP contribution in [0.15, 0.2) is 36.4 Å². The lowest BCUT2D eigenvalue weighted by atomic mass is 10.1. The maximum absolute atomic E-state index is 13.5. The van der Waals surface area contributed by atoms with Crippen molar-refractivity contribution in [2.75, 3.05) is 31.8 Å². The molecule has 0 radical (unpaired) electrons. The van der Waals surface area contributed by atoms with E-state index in [2.05, 4.69) is 4.74 Å². The molecule has 1 atom stereocenters. The van der Waals surface area contributed by atoms with Crippen molar-refractivity contribution in [1.82, 2.24) is 0 Å². The molecule has 0 unspecified atom stereocenters. The number of nitro groups is 1. The normalized spacial score (nSPS) is 15.3. The molecule has 3 rings (SSSR count). The molecule has 1 aliphatic rings. The van der Waals surface area contributed by atoms with Crippen molar-refractivity contribution in [1.29, 1.82) is 0 Å². The maximum atomic E-state index is 13.5. The number of carbonyl (C=O) groups excluding carboxylic acids is 1. The summed E-state index contributed by atoms with van der Waals surface area (Å²) in [6, 6.07) is 8.02. The molecule has 9 nitrogen and oxygen atoms in total. The number of fused-ring (bicyclic) bond motifs is 1. The number of hydrogen-bond acceptors (Lipinski definition) is 8. The van der Waals surface area contributed by atoms with Gasteiger partial charge in [0, 0.05) is 18.7 Å². The molecule has 0 saturated carbocycles. The second kappa shape index (κ2) is 8.74.